The summed E-state index contributed by atoms with van der Waals surface area (Å²) in [7, 11) is 0. The second kappa shape index (κ2) is 2.41. The fourth-order valence-corrected chi connectivity index (χ4v) is 1.08. The van der Waals surface area contributed by atoms with Crippen LogP contribution < -0.4 is 5.73 Å². The molecule has 2 heterocycles. The topological polar surface area (TPSA) is 59.6 Å². The smallest absolute Gasteiger partial charge is 0.133 e. The van der Waals surface area contributed by atoms with E-state index in [1.807, 2.05) is 25.3 Å². The third kappa shape index (κ3) is 0.887. The summed E-state index contributed by atoms with van der Waals surface area (Å²) in [6, 6.07) is 3.83. The Labute approximate surface area is 70.0 Å². The second-order valence-electron chi connectivity index (χ2n) is 2.68. The highest BCUT2D eigenvalue weighted by Crippen LogP contribution is 2.13. The molecular formula is C8H10N4. The Morgan fingerprint density at radius 3 is 2.92 bits per heavy atom. The summed E-state index contributed by atoms with van der Waals surface area (Å²) >= 11 is 0. The minimum absolute atomic E-state index is 0.678. The number of aryl methyl sites for hydroxylation is 1. The maximum absolute atomic E-state index is 5.77. The Morgan fingerprint density at radius 1 is 1.58 bits per heavy atom. The number of hydrogen-bond donors (Lipinski definition) is 2. The van der Waals surface area contributed by atoms with Gasteiger partial charge in [0.15, 0.2) is 0 Å². The summed E-state index contributed by atoms with van der Waals surface area (Å²) in [6.45, 7) is 1.93. The monoisotopic (exact) mass is 162 g/mol. The van der Waals surface area contributed by atoms with Gasteiger partial charge >= 0.3 is 0 Å². The summed E-state index contributed by atoms with van der Waals surface area (Å²) < 4.78 is 1.68. The van der Waals surface area contributed by atoms with Gasteiger partial charge < -0.3 is 10.7 Å². The first kappa shape index (κ1) is 6.97. The van der Waals surface area contributed by atoms with Crippen molar-refractivity contribution in [3.63, 3.8) is 0 Å². The molecule has 12 heavy (non-hydrogen) atoms. The van der Waals surface area contributed by atoms with Crippen LogP contribution in [0.2, 0.25) is 0 Å². The van der Waals surface area contributed by atoms with Crippen molar-refractivity contribution in [2.45, 2.75) is 6.92 Å². The molecule has 0 saturated heterocycles. The third-order valence-corrected chi connectivity index (χ3v) is 1.81. The predicted molar refractivity (Wildman–Crippen MR) is 47.1 cm³/mol. The molecule has 0 aromatic carbocycles. The summed E-state index contributed by atoms with van der Waals surface area (Å²) in [5.41, 5.74) is 6.76. The number of nitrogens with two attached hydrogens (primary N) is 1. The molecule has 4 heteroatoms. The van der Waals surface area contributed by atoms with Crippen LogP contribution in [0.3, 0.4) is 0 Å². The third-order valence-electron chi connectivity index (χ3n) is 1.81. The van der Waals surface area contributed by atoms with Crippen molar-refractivity contribution in [1.82, 2.24) is 14.8 Å². The van der Waals surface area contributed by atoms with Crippen LogP contribution in [0.1, 0.15) is 5.56 Å². The molecule has 62 valence electrons. The lowest BCUT2D eigenvalue weighted by Crippen LogP contribution is -2.02. The van der Waals surface area contributed by atoms with E-state index in [-0.39, 0.29) is 0 Å². The van der Waals surface area contributed by atoms with Crippen LogP contribution in [0.25, 0.3) is 5.82 Å². The molecule has 0 aliphatic rings. The molecule has 2 rings (SSSR count). The number of H-pyrrole nitrogens is 1. The normalized spacial score (nSPS) is 10.4. The molecule has 0 atom stereocenters. The van der Waals surface area contributed by atoms with E-state index in [2.05, 4.69) is 10.1 Å². The zero-order valence-electron chi connectivity index (χ0n) is 6.78. The molecule has 0 saturated carbocycles. The van der Waals surface area contributed by atoms with Crippen LogP contribution in [-0.4, -0.2) is 14.8 Å². The van der Waals surface area contributed by atoms with Gasteiger partial charge in [0.25, 0.3) is 0 Å². The van der Waals surface area contributed by atoms with Crippen LogP contribution in [0.5, 0.6) is 0 Å². The summed E-state index contributed by atoms with van der Waals surface area (Å²) in [4.78, 5) is 3.03. The number of hydrogen-bond acceptors (Lipinski definition) is 2. The van der Waals surface area contributed by atoms with E-state index < -0.39 is 0 Å². The zero-order chi connectivity index (χ0) is 8.55. The van der Waals surface area contributed by atoms with Gasteiger partial charge in [-0.25, -0.2) is 4.68 Å². The highest BCUT2D eigenvalue weighted by molar-refractivity contribution is 5.43. The number of nitrogens with zero attached hydrogens (tertiary/aromatic N) is 2. The van der Waals surface area contributed by atoms with Gasteiger partial charge in [-0.2, -0.15) is 5.10 Å². The van der Waals surface area contributed by atoms with E-state index in [0.29, 0.717) is 5.82 Å². The van der Waals surface area contributed by atoms with E-state index >= 15 is 0 Å². The van der Waals surface area contributed by atoms with Crippen LogP contribution >= 0.6 is 0 Å². The number of aromatic nitrogens is 3. The van der Waals surface area contributed by atoms with Gasteiger partial charge in [-0.15, -0.1) is 0 Å². The van der Waals surface area contributed by atoms with Crippen LogP contribution in [0.4, 0.5) is 5.82 Å². The Balaban J connectivity index is 2.55. The SMILES string of the molecule is Cc1cnn(-c2ccc[nH]2)c1N. The minimum Gasteiger partial charge on any atom is -0.383 e. The number of anilines is 1. The highest BCUT2D eigenvalue weighted by Gasteiger charge is 2.04. The molecule has 0 amide bonds. The molecule has 0 spiro atoms. The van der Waals surface area contributed by atoms with Gasteiger partial charge in [0.05, 0.1) is 6.20 Å². The molecular weight excluding hydrogens is 152 g/mol. The van der Waals surface area contributed by atoms with Crippen LogP contribution in [0, 0.1) is 6.92 Å². The molecule has 2 aromatic rings. The minimum atomic E-state index is 0.678. The van der Waals surface area contributed by atoms with E-state index in [4.69, 9.17) is 5.73 Å². The molecule has 0 radical (unpaired) electrons. The zero-order valence-corrected chi connectivity index (χ0v) is 6.78. The van der Waals surface area contributed by atoms with E-state index in [1.165, 1.54) is 0 Å². The Hall–Kier alpha value is -1.71. The molecule has 0 aliphatic heterocycles. The summed E-state index contributed by atoms with van der Waals surface area (Å²) in [5.74, 6) is 1.57. The quantitative estimate of drug-likeness (QED) is 0.659. The number of nitrogens with one attached hydrogen (secondary N) is 1. The first-order valence-corrected chi connectivity index (χ1v) is 3.73. The highest BCUT2D eigenvalue weighted by atomic mass is 15.3. The number of rotatable bonds is 1. The summed E-state index contributed by atoms with van der Waals surface area (Å²) in [6.07, 6.45) is 3.59. The molecule has 3 N–H and O–H groups in total. The lowest BCUT2D eigenvalue weighted by Gasteiger charge is -1.99. The molecule has 0 unspecified atom stereocenters. The molecule has 2 aromatic heterocycles. The van der Waals surface area contributed by atoms with Gasteiger partial charge in [0.2, 0.25) is 0 Å². The van der Waals surface area contributed by atoms with Gasteiger partial charge in [0, 0.05) is 11.8 Å². The molecule has 0 aliphatic carbocycles. The van der Waals surface area contributed by atoms with Crippen LogP contribution in [-0.2, 0) is 0 Å². The van der Waals surface area contributed by atoms with Crippen molar-refractivity contribution < 1.29 is 0 Å². The van der Waals surface area contributed by atoms with Gasteiger partial charge in [-0.1, -0.05) is 0 Å². The average molecular weight is 162 g/mol. The second-order valence-corrected chi connectivity index (χ2v) is 2.68. The summed E-state index contributed by atoms with van der Waals surface area (Å²) in [5, 5.41) is 4.12. The van der Waals surface area contributed by atoms with Crippen molar-refractivity contribution in [2.24, 2.45) is 0 Å². The van der Waals surface area contributed by atoms with E-state index in [1.54, 1.807) is 10.9 Å². The lowest BCUT2D eigenvalue weighted by molar-refractivity contribution is 0.865. The first-order valence-electron chi connectivity index (χ1n) is 3.73. The largest absolute Gasteiger partial charge is 0.383 e. The van der Waals surface area contributed by atoms with Crippen molar-refractivity contribution in [3.8, 4) is 5.82 Å². The van der Waals surface area contributed by atoms with E-state index in [9.17, 15) is 0 Å². The maximum atomic E-state index is 5.77. The van der Waals surface area contributed by atoms with Crippen molar-refractivity contribution in [2.75, 3.05) is 5.73 Å². The fourth-order valence-electron chi connectivity index (χ4n) is 1.08. The van der Waals surface area contributed by atoms with Crippen LogP contribution in [0.15, 0.2) is 24.5 Å². The predicted octanol–water partition coefficient (Wildman–Crippen LogP) is 1.09. The fraction of sp³-hybridized carbons (Fsp3) is 0.125. The van der Waals surface area contributed by atoms with Crippen molar-refractivity contribution >= 4 is 5.82 Å². The lowest BCUT2D eigenvalue weighted by atomic mass is 10.4. The molecule has 0 fully saturated rings. The van der Waals surface area contributed by atoms with Gasteiger partial charge in [-0.05, 0) is 19.1 Å². The molecule has 0 bridgehead atoms. The van der Waals surface area contributed by atoms with Gasteiger partial charge in [-0.3, -0.25) is 0 Å². The Morgan fingerprint density at radius 2 is 2.42 bits per heavy atom. The number of aromatic amines is 1. The van der Waals surface area contributed by atoms with Crippen molar-refractivity contribution in [1.29, 1.82) is 0 Å². The van der Waals surface area contributed by atoms with Gasteiger partial charge in [0.1, 0.15) is 11.6 Å². The molecule has 4 nitrogen and oxygen atoms in total. The Bertz CT molecular complexity index is 372. The first-order chi connectivity index (χ1) is 5.79. The maximum Gasteiger partial charge on any atom is 0.133 e. The standard InChI is InChI=1S/C8H10N4/c1-6-5-11-12(8(6)9)7-3-2-4-10-7/h2-5,10H,9H2,1H3. The average Bonchev–Trinajstić information content (AvgIpc) is 2.64. The van der Waals surface area contributed by atoms with Crippen molar-refractivity contribution in [3.05, 3.63) is 30.1 Å². The van der Waals surface area contributed by atoms with E-state index in [0.717, 1.165) is 11.4 Å². The Kier molecular flexibility index (Phi) is 1.40. The number of nitrogen functional groups attached to an aromatic ring is 1.